The standard InChI is InChI=1S/C19H22FN7O2S/c1-10-5-23-14(6-22-10)19-26-15(9-30-19)18(28)25-13-7-24-27(2)17(13)16-4-3-12(21)11(20)8-29-16/h5-7,9,11-12,16H,3-4,8,21H2,1-2H3,(H,25,28)/t11-,12-,16+/m1/s1. The van der Waals surface area contributed by atoms with Gasteiger partial charge < -0.3 is 15.8 Å². The first-order valence-electron chi connectivity index (χ1n) is 9.51. The Bertz CT molecular complexity index is 1020. The lowest BCUT2D eigenvalue weighted by atomic mass is 10.0. The summed E-state index contributed by atoms with van der Waals surface area (Å²) in [4.78, 5) is 25.6. The normalized spacial score (nSPS) is 21.9. The van der Waals surface area contributed by atoms with Crippen LogP contribution in [0.25, 0.3) is 10.7 Å². The van der Waals surface area contributed by atoms with Crippen molar-refractivity contribution in [1.29, 1.82) is 0 Å². The number of hydrogen-bond donors (Lipinski definition) is 2. The number of nitrogens with one attached hydrogen (secondary N) is 1. The highest BCUT2D eigenvalue weighted by Gasteiger charge is 2.30. The minimum Gasteiger partial charge on any atom is -0.369 e. The number of aryl methyl sites for hydroxylation is 2. The summed E-state index contributed by atoms with van der Waals surface area (Å²) in [5.74, 6) is -0.375. The van der Waals surface area contributed by atoms with E-state index in [-0.39, 0.29) is 18.2 Å². The van der Waals surface area contributed by atoms with Crippen LogP contribution in [0.3, 0.4) is 0 Å². The van der Waals surface area contributed by atoms with Gasteiger partial charge in [0.1, 0.15) is 28.7 Å². The summed E-state index contributed by atoms with van der Waals surface area (Å²) in [6.07, 6.45) is 4.23. The highest BCUT2D eigenvalue weighted by molar-refractivity contribution is 7.13. The van der Waals surface area contributed by atoms with Gasteiger partial charge in [0.2, 0.25) is 0 Å². The number of alkyl halides is 1. The van der Waals surface area contributed by atoms with E-state index in [1.54, 1.807) is 35.7 Å². The van der Waals surface area contributed by atoms with Crippen molar-refractivity contribution in [1.82, 2.24) is 24.7 Å². The van der Waals surface area contributed by atoms with Crippen LogP contribution in [-0.2, 0) is 11.8 Å². The van der Waals surface area contributed by atoms with Gasteiger partial charge in [-0.1, -0.05) is 0 Å². The molecule has 0 spiro atoms. The van der Waals surface area contributed by atoms with E-state index in [1.165, 1.54) is 11.3 Å². The van der Waals surface area contributed by atoms with Gasteiger partial charge in [-0.3, -0.25) is 19.4 Å². The molecular formula is C19H22FN7O2S. The van der Waals surface area contributed by atoms with Crippen LogP contribution in [0, 0.1) is 6.92 Å². The maximum absolute atomic E-state index is 13.9. The van der Waals surface area contributed by atoms with Crippen LogP contribution in [0.1, 0.15) is 40.8 Å². The van der Waals surface area contributed by atoms with Crippen molar-refractivity contribution >= 4 is 22.9 Å². The molecule has 3 atom stereocenters. The van der Waals surface area contributed by atoms with E-state index in [4.69, 9.17) is 10.5 Å². The maximum Gasteiger partial charge on any atom is 0.275 e. The van der Waals surface area contributed by atoms with Gasteiger partial charge in [-0.25, -0.2) is 9.37 Å². The van der Waals surface area contributed by atoms with E-state index in [9.17, 15) is 9.18 Å². The number of amides is 1. The zero-order valence-electron chi connectivity index (χ0n) is 16.6. The number of halogens is 1. The molecule has 4 heterocycles. The molecule has 1 aliphatic heterocycles. The van der Waals surface area contributed by atoms with E-state index >= 15 is 0 Å². The second-order valence-corrected chi connectivity index (χ2v) is 8.04. The molecule has 3 aromatic heterocycles. The molecule has 1 amide bonds. The maximum atomic E-state index is 13.9. The van der Waals surface area contributed by atoms with Gasteiger partial charge in [0, 0.05) is 24.7 Å². The number of anilines is 1. The predicted molar refractivity (Wildman–Crippen MR) is 110 cm³/mol. The van der Waals surface area contributed by atoms with Gasteiger partial charge in [-0.15, -0.1) is 11.3 Å². The number of nitrogens with two attached hydrogens (primary N) is 1. The Morgan fingerprint density at radius 3 is 2.93 bits per heavy atom. The molecule has 30 heavy (non-hydrogen) atoms. The summed E-state index contributed by atoms with van der Waals surface area (Å²) in [6, 6.07) is -0.556. The molecular weight excluding hydrogens is 409 g/mol. The van der Waals surface area contributed by atoms with Crippen LogP contribution < -0.4 is 11.1 Å². The molecule has 3 aromatic rings. The second kappa shape index (κ2) is 8.54. The number of rotatable bonds is 4. The Morgan fingerprint density at radius 2 is 2.17 bits per heavy atom. The largest absolute Gasteiger partial charge is 0.369 e. The third kappa shape index (κ3) is 4.23. The first kappa shape index (κ1) is 20.5. The van der Waals surface area contributed by atoms with Gasteiger partial charge in [-0.05, 0) is 19.8 Å². The van der Waals surface area contributed by atoms with Crippen LogP contribution >= 0.6 is 11.3 Å². The van der Waals surface area contributed by atoms with Crippen LogP contribution in [0.2, 0.25) is 0 Å². The molecule has 4 rings (SSSR count). The topological polar surface area (TPSA) is 121 Å². The Hall–Kier alpha value is -2.76. The summed E-state index contributed by atoms with van der Waals surface area (Å²) in [5.41, 5.74) is 8.67. The molecule has 11 heteroatoms. The van der Waals surface area contributed by atoms with Gasteiger partial charge in [0.05, 0.1) is 36.1 Å². The van der Waals surface area contributed by atoms with Crippen molar-refractivity contribution in [3.8, 4) is 10.7 Å². The Kier molecular flexibility index (Phi) is 5.84. The fourth-order valence-electron chi connectivity index (χ4n) is 3.27. The lowest BCUT2D eigenvalue weighted by molar-refractivity contribution is 0.0247. The molecule has 1 aliphatic rings. The number of nitrogens with zero attached hydrogens (tertiary/aromatic N) is 5. The van der Waals surface area contributed by atoms with Crippen molar-refractivity contribution in [2.75, 3.05) is 11.9 Å². The fourth-order valence-corrected chi connectivity index (χ4v) is 4.03. The van der Waals surface area contributed by atoms with Crippen molar-refractivity contribution < 1.29 is 13.9 Å². The molecule has 0 aromatic carbocycles. The number of carbonyl (C=O) groups is 1. The Balaban J connectivity index is 1.51. The summed E-state index contributed by atoms with van der Waals surface area (Å²) in [5, 5.41) is 9.34. The minimum absolute atomic E-state index is 0.0859. The van der Waals surface area contributed by atoms with Crippen LogP contribution in [0.4, 0.5) is 10.1 Å². The smallest absolute Gasteiger partial charge is 0.275 e. The quantitative estimate of drug-likeness (QED) is 0.651. The molecule has 0 radical (unpaired) electrons. The van der Waals surface area contributed by atoms with Crippen LogP contribution in [0.5, 0.6) is 0 Å². The highest BCUT2D eigenvalue weighted by Crippen LogP contribution is 2.32. The summed E-state index contributed by atoms with van der Waals surface area (Å²) < 4.78 is 21.2. The number of carbonyl (C=O) groups excluding carboxylic acids is 1. The van der Waals surface area contributed by atoms with Crippen molar-refractivity contribution in [2.45, 2.75) is 38.1 Å². The molecule has 3 N–H and O–H groups in total. The summed E-state index contributed by atoms with van der Waals surface area (Å²) in [6.45, 7) is 1.76. The average Bonchev–Trinajstić information content (AvgIpc) is 3.32. The first-order valence-corrected chi connectivity index (χ1v) is 10.4. The molecule has 1 fully saturated rings. The van der Waals surface area contributed by atoms with E-state index in [1.807, 2.05) is 6.92 Å². The van der Waals surface area contributed by atoms with Crippen LogP contribution in [-0.4, -0.2) is 49.5 Å². The van der Waals surface area contributed by atoms with E-state index in [0.29, 0.717) is 34.9 Å². The number of hydrogen-bond acceptors (Lipinski definition) is 8. The third-order valence-corrected chi connectivity index (χ3v) is 5.82. The number of thiazole rings is 1. The molecule has 0 unspecified atom stereocenters. The lowest BCUT2D eigenvalue weighted by Gasteiger charge is -2.17. The van der Waals surface area contributed by atoms with Crippen molar-refractivity contribution in [3.05, 3.63) is 41.1 Å². The fraction of sp³-hybridized carbons (Fsp3) is 0.421. The molecule has 158 valence electrons. The summed E-state index contributed by atoms with van der Waals surface area (Å²) in [7, 11) is 1.75. The van der Waals surface area contributed by atoms with Crippen molar-refractivity contribution in [2.24, 2.45) is 12.8 Å². The Morgan fingerprint density at radius 1 is 1.33 bits per heavy atom. The average molecular weight is 431 g/mol. The first-order chi connectivity index (χ1) is 14.4. The summed E-state index contributed by atoms with van der Waals surface area (Å²) >= 11 is 1.31. The zero-order valence-corrected chi connectivity index (χ0v) is 17.4. The highest BCUT2D eigenvalue weighted by atomic mass is 32.1. The van der Waals surface area contributed by atoms with Gasteiger partial charge in [0.25, 0.3) is 5.91 Å². The molecule has 0 saturated carbocycles. The Labute approximate surface area is 176 Å². The molecule has 9 nitrogen and oxygen atoms in total. The second-order valence-electron chi connectivity index (χ2n) is 7.18. The van der Waals surface area contributed by atoms with Crippen LogP contribution in [0.15, 0.2) is 24.0 Å². The zero-order chi connectivity index (χ0) is 21.3. The predicted octanol–water partition coefficient (Wildman–Crippen LogP) is 2.41. The number of aromatic nitrogens is 5. The van der Waals surface area contributed by atoms with Crippen molar-refractivity contribution in [3.63, 3.8) is 0 Å². The van der Waals surface area contributed by atoms with E-state index < -0.39 is 18.3 Å². The van der Waals surface area contributed by atoms with Gasteiger partial charge in [0.15, 0.2) is 0 Å². The number of ether oxygens (including phenoxy) is 1. The SMILES string of the molecule is Cc1cnc(-c2nc(C(=O)Nc3cnn(C)c3[C@@H]3CC[C@@H](N)[C@H](F)CO3)cs2)cn1. The van der Waals surface area contributed by atoms with E-state index in [0.717, 1.165) is 5.69 Å². The minimum atomic E-state index is -1.21. The lowest BCUT2D eigenvalue weighted by Crippen LogP contribution is -2.32. The molecule has 1 saturated heterocycles. The molecule has 0 aliphatic carbocycles. The van der Waals surface area contributed by atoms with Gasteiger partial charge >= 0.3 is 0 Å². The van der Waals surface area contributed by atoms with Gasteiger partial charge in [-0.2, -0.15) is 5.10 Å². The molecule has 0 bridgehead atoms. The monoisotopic (exact) mass is 431 g/mol. The third-order valence-electron chi connectivity index (χ3n) is 4.96. The van der Waals surface area contributed by atoms with E-state index in [2.05, 4.69) is 25.4 Å².